The van der Waals surface area contributed by atoms with Crippen molar-refractivity contribution in [1.82, 2.24) is 9.97 Å². The van der Waals surface area contributed by atoms with Gasteiger partial charge in [0.25, 0.3) is 0 Å². The van der Waals surface area contributed by atoms with E-state index in [1.807, 2.05) is 24.3 Å². The van der Waals surface area contributed by atoms with Crippen LogP contribution in [0.25, 0.3) is 0 Å². The molecule has 1 aromatic heterocycles. The maximum atomic E-state index is 6.36. The molecule has 0 N–H and O–H groups in total. The van der Waals surface area contributed by atoms with Crippen molar-refractivity contribution < 1.29 is 4.74 Å². The number of ether oxygens (including phenoxy) is 1. The minimum Gasteiger partial charge on any atom is -0.481 e. The third-order valence-electron chi connectivity index (χ3n) is 2.93. The Balaban J connectivity index is 1.85. The van der Waals surface area contributed by atoms with Gasteiger partial charge in [-0.2, -0.15) is 0 Å². The van der Waals surface area contributed by atoms with Crippen molar-refractivity contribution in [2.45, 2.75) is 24.6 Å². The Morgan fingerprint density at radius 1 is 1.21 bits per heavy atom. The Bertz CT molecular complexity index is 505. The van der Waals surface area contributed by atoms with Crippen LogP contribution in [0.1, 0.15) is 17.7 Å². The van der Waals surface area contributed by atoms with Crippen molar-refractivity contribution in [1.29, 1.82) is 0 Å². The normalized spacial score (nSPS) is 12.1. The van der Waals surface area contributed by atoms with Crippen LogP contribution in [0, 0.1) is 0 Å². The van der Waals surface area contributed by atoms with E-state index in [1.54, 1.807) is 7.11 Å². The van der Waals surface area contributed by atoms with Gasteiger partial charge in [0.05, 0.1) is 7.11 Å². The van der Waals surface area contributed by atoms with Crippen LogP contribution in [0.5, 0.6) is 5.88 Å². The van der Waals surface area contributed by atoms with Gasteiger partial charge in [-0.25, -0.2) is 9.97 Å². The molecule has 2 aromatic rings. The average Bonchev–Trinajstić information content (AvgIpc) is 2.46. The van der Waals surface area contributed by atoms with Gasteiger partial charge in [0.15, 0.2) is 0 Å². The standard InChI is InChI=1S/C15H17ClN2O/c1-19-15-10-14(17-11-18-15)9-13(16)8-7-12-5-3-2-4-6-12/h2-6,10-11,13H,7-9H2,1H3. The predicted molar refractivity (Wildman–Crippen MR) is 76.7 cm³/mol. The molecular weight excluding hydrogens is 260 g/mol. The summed E-state index contributed by atoms with van der Waals surface area (Å²) in [5, 5.41) is 0.0693. The highest BCUT2D eigenvalue weighted by Crippen LogP contribution is 2.15. The average molecular weight is 277 g/mol. The lowest BCUT2D eigenvalue weighted by molar-refractivity contribution is 0.395. The highest BCUT2D eigenvalue weighted by molar-refractivity contribution is 6.20. The zero-order valence-corrected chi connectivity index (χ0v) is 11.7. The maximum absolute atomic E-state index is 6.36. The first-order valence-corrected chi connectivity index (χ1v) is 6.74. The second-order valence-electron chi connectivity index (χ2n) is 4.38. The van der Waals surface area contributed by atoms with Crippen LogP contribution in [0.2, 0.25) is 0 Å². The molecule has 0 saturated carbocycles. The van der Waals surface area contributed by atoms with Crippen LogP contribution in [0.4, 0.5) is 0 Å². The SMILES string of the molecule is COc1cc(CC(Cl)CCc2ccccc2)ncn1. The monoisotopic (exact) mass is 276 g/mol. The van der Waals surface area contributed by atoms with Crippen molar-refractivity contribution in [3.8, 4) is 5.88 Å². The maximum Gasteiger partial charge on any atom is 0.216 e. The van der Waals surface area contributed by atoms with Crippen molar-refractivity contribution >= 4 is 11.6 Å². The van der Waals surface area contributed by atoms with E-state index in [0.29, 0.717) is 5.88 Å². The molecule has 1 heterocycles. The third kappa shape index (κ3) is 4.52. The topological polar surface area (TPSA) is 35.0 Å². The molecule has 0 aliphatic rings. The van der Waals surface area contributed by atoms with Crippen LogP contribution in [0.15, 0.2) is 42.7 Å². The van der Waals surface area contributed by atoms with Crippen LogP contribution < -0.4 is 4.74 Å². The minimum absolute atomic E-state index is 0.0693. The molecule has 0 spiro atoms. The molecular formula is C15H17ClN2O. The van der Waals surface area contributed by atoms with Gasteiger partial charge in [-0.1, -0.05) is 30.3 Å². The number of methoxy groups -OCH3 is 1. The molecule has 0 amide bonds. The van der Waals surface area contributed by atoms with Gasteiger partial charge in [0.2, 0.25) is 5.88 Å². The Morgan fingerprint density at radius 2 is 2.00 bits per heavy atom. The van der Waals surface area contributed by atoms with Crippen LogP contribution in [0.3, 0.4) is 0 Å². The molecule has 0 aliphatic heterocycles. The molecule has 2 rings (SSSR count). The van der Waals surface area contributed by atoms with E-state index < -0.39 is 0 Å². The molecule has 19 heavy (non-hydrogen) atoms. The largest absolute Gasteiger partial charge is 0.481 e. The number of rotatable bonds is 6. The van der Waals surface area contributed by atoms with E-state index in [-0.39, 0.29) is 5.38 Å². The molecule has 0 radical (unpaired) electrons. The van der Waals surface area contributed by atoms with Crippen LogP contribution in [-0.2, 0) is 12.8 Å². The minimum atomic E-state index is 0.0693. The zero-order valence-electron chi connectivity index (χ0n) is 10.9. The summed E-state index contributed by atoms with van der Waals surface area (Å²) in [4.78, 5) is 8.19. The third-order valence-corrected chi connectivity index (χ3v) is 3.30. The lowest BCUT2D eigenvalue weighted by atomic mass is 10.1. The summed E-state index contributed by atoms with van der Waals surface area (Å²) >= 11 is 6.36. The Morgan fingerprint density at radius 3 is 2.74 bits per heavy atom. The van der Waals surface area contributed by atoms with E-state index in [0.717, 1.165) is 25.0 Å². The molecule has 1 unspecified atom stereocenters. The fourth-order valence-electron chi connectivity index (χ4n) is 1.90. The van der Waals surface area contributed by atoms with Crippen molar-refractivity contribution in [2.24, 2.45) is 0 Å². The van der Waals surface area contributed by atoms with Crippen molar-refractivity contribution in [3.63, 3.8) is 0 Å². The smallest absolute Gasteiger partial charge is 0.216 e. The zero-order chi connectivity index (χ0) is 13.5. The number of nitrogens with zero attached hydrogens (tertiary/aromatic N) is 2. The summed E-state index contributed by atoms with van der Waals surface area (Å²) in [5.41, 5.74) is 2.23. The van der Waals surface area contributed by atoms with Gasteiger partial charge in [-0.3, -0.25) is 0 Å². The molecule has 100 valence electrons. The number of hydrogen-bond acceptors (Lipinski definition) is 3. The first-order valence-electron chi connectivity index (χ1n) is 6.31. The van der Waals surface area contributed by atoms with E-state index >= 15 is 0 Å². The number of aryl methyl sites for hydroxylation is 1. The summed E-state index contributed by atoms with van der Waals surface area (Å²) < 4.78 is 5.07. The molecule has 1 atom stereocenters. The van der Waals surface area contributed by atoms with Gasteiger partial charge in [0, 0.05) is 23.6 Å². The molecule has 1 aromatic carbocycles. The quantitative estimate of drug-likeness (QED) is 0.760. The molecule has 4 heteroatoms. The van der Waals surface area contributed by atoms with Crippen LogP contribution in [-0.4, -0.2) is 22.5 Å². The van der Waals surface area contributed by atoms with Gasteiger partial charge >= 0.3 is 0 Å². The molecule has 0 aliphatic carbocycles. The van der Waals surface area contributed by atoms with E-state index in [4.69, 9.17) is 16.3 Å². The predicted octanol–water partition coefficient (Wildman–Crippen LogP) is 3.27. The molecule has 3 nitrogen and oxygen atoms in total. The second-order valence-corrected chi connectivity index (χ2v) is 4.99. The van der Waals surface area contributed by atoms with Gasteiger partial charge in [0.1, 0.15) is 6.33 Å². The number of aromatic nitrogens is 2. The van der Waals surface area contributed by atoms with E-state index in [1.165, 1.54) is 11.9 Å². The molecule has 0 fully saturated rings. The summed E-state index contributed by atoms with van der Waals surface area (Å²) in [6.45, 7) is 0. The van der Waals surface area contributed by atoms with Gasteiger partial charge in [-0.05, 0) is 18.4 Å². The highest BCUT2D eigenvalue weighted by Gasteiger charge is 2.08. The molecule has 0 bridgehead atoms. The number of halogens is 1. The number of alkyl halides is 1. The summed E-state index contributed by atoms with van der Waals surface area (Å²) in [5.74, 6) is 0.580. The number of benzene rings is 1. The Labute approximate surface area is 118 Å². The Hall–Kier alpha value is -1.61. The highest BCUT2D eigenvalue weighted by atomic mass is 35.5. The van der Waals surface area contributed by atoms with Crippen molar-refractivity contribution in [2.75, 3.05) is 7.11 Å². The second kappa shape index (κ2) is 7.10. The first kappa shape index (κ1) is 13.8. The van der Waals surface area contributed by atoms with E-state index in [2.05, 4.69) is 22.1 Å². The Kier molecular flexibility index (Phi) is 5.16. The summed E-state index contributed by atoms with van der Waals surface area (Å²) in [6, 6.07) is 12.2. The van der Waals surface area contributed by atoms with Gasteiger partial charge < -0.3 is 4.74 Å². The lowest BCUT2D eigenvalue weighted by Crippen LogP contribution is -2.07. The van der Waals surface area contributed by atoms with Crippen molar-refractivity contribution in [3.05, 3.63) is 54.0 Å². The first-order chi connectivity index (χ1) is 9.28. The van der Waals surface area contributed by atoms with E-state index in [9.17, 15) is 0 Å². The number of hydrogen-bond donors (Lipinski definition) is 0. The summed E-state index contributed by atoms with van der Waals surface area (Å²) in [6.07, 6.45) is 4.15. The molecule has 0 saturated heterocycles. The fourth-order valence-corrected chi connectivity index (χ4v) is 2.16. The van der Waals surface area contributed by atoms with Gasteiger partial charge in [-0.15, -0.1) is 11.6 Å². The lowest BCUT2D eigenvalue weighted by Gasteiger charge is -2.09. The van der Waals surface area contributed by atoms with Crippen LogP contribution >= 0.6 is 11.6 Å². The fraction of sp³-hybridized carbons (Fsp3) is 0.333. The summed E-state index contributed by atoms with van der Waals surface area (Å²) in [7, 11) is 1.60.